The van der Waals surface area contributed by atoms with Crippen molar-refractivity contribution in [1.29, 1.82) is 0 Å². The van der Waals surface area contributed by atoms with Crippen LogP contribution in [-0.2, 0) is 0 Å². The highest BCUT2D eigenvalue weighted by Crippen LogP contribution is 2.63. The van der Waals surface area contributed by atoms with Crippen molar-refractivity contribution in [3.63, 3.8) is 0 Å². The van der Waals surface area contributed by atoms with Crippen LogP contribution in [0.4, 0.5) is 5.69 Å². The van der Waals surface area contributed by atoms with Crippen LogP contribution in [0.5, 0.6) is 0 Å². The van der Waals surface area contributed by atoms with Crippen molar-refractivity contribution in [3.8, 4) is 0 Å². The van der Waals surface area contributed by atoms with Crippen molar-refractivity contribution in [1.82, 2.24) is 15.2 Å². The van der Waals surface area contributed by atoms with Gasteiger partial charge in [-0.2, -0.15) is 0 Å². The lowest BCUT2D eigenvalue weighted by atomic mass is 9.46. The van der Waals surface area contributed by atoms with Gasteiger partial charge in [0.2, 0.25) is 0 Å². The highest BCUT2D eigenvalue weighted by atomic mass is 16.3. The van der Waals surface area contributed by atoms with Crippen molar-refractivity contribution in [2.45, 2.75) is 56.6 Å². The number of fused-ring (bicyclic) bond motifs is 1. The van der Waals surface area contributed by atoms with Gasteiger partial charge in [0.25, 0.3) is 5.91 Å². The van der Waals surface area contributed by atoms with E-state index in [0.717, 1.165) is 31.1 Å². The fraction of sp³-hybridized carbons (Fsp3) is 0.611. The van der Waals surface area contributed by atoms with Crippen molar-refractivity contribution in [2.24, 2.45) is 17.1 Å². The summed E-state index contributed by atoms with van der Waals surface area (Å²) in [4.78, 5) is 15.0. The zero-order chi connectivity index (χ0) is 17.4. The smallest absolute Gasteiger partial charge is 0.271 e. The lowest BCUT2D eigenvalue weighted by Gasteiger charge is -2.64. The van der Waals surface area contributed by atoms with Gasteiger partial charge in [-0.25, -0.2) is 0 Å². The van der Waals surface area contributed by atoms with Crippen LogP contribution >= 0.6 is 0 Å². The highest BCUT2D eigenvalue weighted by molar-refractivity contribution is 6.04. The molecule has 1 unspecified atom stereocenters. The van der Waals surface area contributed by atoms with Crippen molar-refractivity contribution in [3.05, 3.63) is 18.0 Å². The molecule has 0 aromatic carbocycles. The van der Waals surface area contributed by atoms with Gasteiger partial charge in [0.1, 0.15) is 0 Å². The summed E-state index contributed by atoms with van der Waals surface area (Å²) in [6.45, 7) is 2.28. The van der Waals surface area contributed by atoms with E-state index in [0.29, 0.717) is 23.7 Å². The molecule has 132 valence electrons. The molecule has 0 aliphatic heterocycles. The minimum Gasteiger partial charge on any atom is -0.390 e. The Hall–Kier alpha value is -2.15. The van der Waals surface area contributed by atoms with E-state index in [4.69, 9.17) is 5.73 Å². The first kappa shape index (κ1) is 15.1. The monoisotopic (exact) mass is 341 g/mol. The number of aromatic amines is 1. The minimum atomic E-state index is -0.605. The summed E-state index contributed by atoms with van der Waals surface area (Å²) >= 11 is 0. The van der Waals surface area contributed by atoms with Gasteiger partial charge in [-0.3, -0.25) is 4.79 Å². The molecule has 5 N–H and O–H groups in total. The van der Waals surface area contributed by atoms with Crippen molar-refractivity contribution < 1.29 is 9.90 Å². The standard InChI is InChI=1S/C18H23N5O2/c1-16-4-10-5-17(7-16,9-18(25,6-10)8-16)21-12-11-2-3-20-15(11)23-22-13(12)14(19)24/h2-3,10,25H,4-9H2,1H3,(H2,19,24)(H2,20,21,23)/t10-,16+,17-,18?/m1/s1. The predicted octanol–water partition coefficient (Wildman–Crippen LogP) is 1.94. The zero-order valence-electron chi connectivity index (χ0n) is 14.3. The Balaban J connectivity index is 1.62. The van der Waals surface area contributed by atoms with Crippen LogP contribution in [0.25, 0.3) is 11.0 Å². The molecule has 4 bridgehead atoms. The SMILES string of the molecule is C[C@@]12C[C@H]3CC(O)(C1)C[C@@](Nc1c(C(N)=O)nnc4[nH]ccc14)(C3)C2. The molecular formula is C18H23N5O2. The number of carbonyl (C=O) groups excluding carboxylic acids is 1. The van der Waals surface area contributed by atoms with Gasteiger partial charge in [0.15, 0.2) is 11.3 Å². The molecule has 4 saturated carbocycles. The minimum absolute atomic E-state index is 0.145. The Kier molecular flexibility index (Phi) is 2.73. The van der Waals surface area contributed by atoms with Crippen LogP contribution in [-0.4, -0.2) is 37.3 Å². The van der Waals surface area contributed by atoms with Crippen molar-refractivity contribution in [2.75, 3.05) is 5.32 Å². The Labute approximate surface area is 145 Å². The maximum Gasteiger partial charge on any atom is 0.271 e. The molecule has 1 amide bonds. The maximum atomic E-state index is 11.9. The summed E-state index contributed by atoms with van der Waals surface area (Å²) in [7, 11) is 0. The summed E-state index contributed by atoms with van der Waals surface area (Å²) in [5.74, 6) is -0.0694. The Morgan fingerprint density at radius 2 is 2.16 bits per heavy atom. The summed E-state index contributed by atoms with van der Waals surface area (Å²) in [5.41, 5.74) is 6.31. The lowest BCUT2D eigenvalue weighted by Crippen LogP contribution is -2.65. The molecule has 4 atom stereocenters. The lowest BCUT2D eigenvalue weighted by molar-refractivity contribution is -0.160. The van der Waals surface area contributed by atoms with E-state index in [-0.39, 0.29) is 16.6 Å². The normalized spacial score (nSPS) is 39.0. The Bertz CT molecular complexity index is 873. The molecule has 25 heavy (non-hydrogen) atoms. The molecule has 2 heterocycles. The predicted molar refractivity (Wildman–Crippen MR) is 93.0 cm³/mol. The van der Waals surface area contributed by atoms with E-state index >= 15 is 0 Å². The highest BCUT2D eigenvalue weighted by Gasteiger charge is 2.61. The third kappa shape index (κ3) is 2.18. The van der Waals surface area contributed by atoms with Gasteiger partial charge < -0.3 is 21.1 Å². The first-order valence-electron chi connectivity index (χ1n) is 8.93. The van der Waals surface area contributed by atoms with Crippen molar-refractivity contribution >= 4 is 22.6 Å². The Morgan fingerprint density at radius 3 is 2.88 bits per heavy atom. The van der Waals surface area contributed by atoms with Gasteiger partial charge in [-0.1, -0.05) is 6.92 Å². The average molecular weight is 341 g/mol. The number of hydrogen-bond acceptors (Lipinski definition) is 5. The number of aromatic nitrogens is 3. The maximum absolute atomic E-state index is 11.9. The summed E-state index contributed by atoms with van der Waals surface area (Å²) < 4.78 is 0. The van der Waals surface area contributed by atoms with Crippen LogP contribution in [0.3, 0.4) is 0 Å². The molecule has 0 radical (unpaired) electrons. The number of primary amides is 1. The molecule has 7 heteroatoms. The molecular weight excluding hydrogens is 318 g/mol. The zero-order valence-corrected chi connectivity index (χ0v) is 14.3. The van der Waals surface area contributed by atoms with Crippen LogP contribution < -0.4 is 11.1 Å². The van der Waals surface area contributed by atoms with Crippen LogP contribution in [0.1, 0.15) is 55.9 Å². The molecule has 4 fully saturated rings. The van der Waals surface area contributed by atoms with Crippen LogP contribution in [0, 0.1) is 11.3 Å². The molecule has 0 saturated heterocycles. The fourth-order valence-electron chi connectivity index (χ4n) is 6.49. The number of hydrogen-bond donors (Lipinski definition) is 4. The van der Waals surface area contributed by atoms with Gasteiger partial charge in [0, 0.05) is 17.1 Å². The molecule has 0 spiro atoms. The van der Waals surface area contributed by atoms with Gasteiger partial charge in [-0.15, -0.1) is 10.2 Å². The Morgan fingerprint density at radius 1 is 1.32 bits per heavy atom. The second-order valence-corrected chi connectivity index (χ2v) is 8.98. The number of amides is 1. The summed E-state index contributed by atoms with van der Waals surface area (Å²) in [6.07, 6.45) is 7.43. The van der Waals surface area contributed by atoms with E-state index in [1.54, 1.807) is 6.20 Å². The number of nitrogens with two attached hydrogens (primary N) is 1. The number of aliphatic hydroxyl groups is 1. The molecule has 4 aliphatic carbocycles. The molecule has 4 aliphatic rings. The van der Waals surface area contributed by atoms with Gasteiger partial charge in [0.05, 0.1) is 11.3 Å². The fourth-order valence-corrected chi connectivity index (χ4v) is 6.49. The third-order valence-electron chi connectivity index (χ3n) is 6.42. The molecule has 6 rings (SSSR count). The van der Waals surface area contributed by atoms with E-state index in [1.807, 2.05) is 6.07 Å². The number of H-pyrrole nitrogens is 1. The molecule has 2 aromatic rings. The van der Waals surface area contributed by atoms with E-state index in [9.17, 15) is 9.90 Å². The number of nitrogens with zero attached hydrogens (tertiary/aromatic N) is 2. The van der Waals surface area contributed by atoms with E-state index in [2.05, 4.69) is 27.4 Å². The second-order valence-electron chi connectivity index (χ2n) is 8.98. The van der Waals surface area contributed by atoms with Crippen LogP contribution in [0.15, 0.2) is 12.3 Å². The first-order valence-corrected chi connectivity index (χ1v) is 8.93. The number of nitrogens with one attached hydrogen (secondary N) is 2. The van der Waals surface area contributed by atoms with E-state index in [1.165, 1.54) is 6.42 Å². The average Bonchev–Trinajstić information content (AvgIpc) is 2.91. The quantitative estimate of drug-likeness (QED) is 0.681. The molecule has 7 nitrogen and oxygen atoms in total. The second kappa shape index (κ2) is 4.52. The number of carbonyl (C=O) groups is 1. The topological polar surface area (TPSA) is 117 Å². The van der Waals surface area contributed by atoms with Gasteiger partial charge >= 0.3 is 0 Å². The summed E-state index contributed by atoms with van der Waals surface area (Å²) in [6, 6.07) is 1.88. The van der Waals surface area contributed by atoms with E-state index < -0.39 is 11.5 Å². The molecule has 2 aromatic heterocycles. The van der Waals surface area contributed by atoms with Gasteiger partial charge in [-0.05, 0) is 55.9 Å². The number of rotatable bonds is 3. The first-order chi connectivity index (χ1) is 11.8. The summed E-state index contributed by atoms with van der Waals surface area (Å²) in [5, 5.41) is 23.6. The third-order valence-corrected chi connectivity index (χ3v) is 6.42. The number of anilines is 1. The van der Waals surface area contributed by atoms with Crippen LogP contribution in [0.2, 0.25) is 0 Å². The largest absolute Gasteiger partial charge is 0.390 e.